The number of thioether (sulfide) groups is 1. The molecule has 146 valence electrons. The Hall–Kier alpha value is -2.89. The first-order chi connectivity index (χ1) is 14.0. The van der Waals surface area contributed by atoms with E-state index in [-0.39, 0.29) is 16.8 Å². The van der Waals surface area contributed by atoms with Crippen LogP contribution in [0.25, 0.3) is 21.5 Å². The molecule has 1 atom stereocenters. The van der Waals surface area contributed by atoms with E-state index in [2.05, 4.69) is 20.3 Å². The second-order valence-electron chi connectivity index (χ2n) is 5.91. The van der Waals surface area contributed by atoms with E-state index in [1.807, 2.05) is 11.4 Å². The van der Waals surface area contributed by atoms with Gasteiger partial charge in [-0.05, 0) is 18.4 Å². The molecule has 4 aromatic rings. The minimum Gasteiger partial charge on any atom is -0.301 e. The van der Waals surface area contributed by atoms with E-state index in [4.69, 9.17) is 0 Å². The van der Waals surface area contributed by atoms with Crippen molar-refractivity contribution in [1.29, 1.82) is 0 Å². The quantitative estimate of drug-likeness (QED) is 0.196. The van der Waals surface area contributed by atoms with Crippen molar-refractivity contribution in [2.24, 2.45) is 0 Å². The lowest BCUT2D eigenvalue weighted by molar-refractivity contribution is -0.384. The van der Waals surface area contributed by atoms with E-state index in [1.54, 1.807) is 24.4 Å². The molecule has 4 rings (SSSR count). The number of benzene rings is 1. The van der Waals surface area contributed by atoms with E-state index in [1.165, 1.54) is 52.9 Å². The topological polar surface area (TPSA) is 111 Å². The minimum absolute atomic E-state index is 0.00384. The number of aromatic nitrogens is 3. The fraction of sp³-hybridized carbons (Fsp3) is 0.111. The zero-order valence-electron chi connectivity index (χ0n) is 14.9. The van der Waals surface area contributed by atoms with Gasteiger partial charge in [0.25, 0.3) is 5.69 Å². The van der Waals surface area contributed by atoms with Gasteiger partial charge < -0.3 is 5.32 Å². The Balaban J connectivity index is 1.45. The Labute approximate surface area is 177 Å². The van der Waals surface area contributed by atoms with Gasteiger partial charge in [0, 0.05) is 23.1 Å². The number of nitrogens with zero attached hydrogens (tertiary/aromatic N) is 4. The number of nitro benzene ring substituents is 1. The summed E-state index contributed by atoms with van der Waals surface area (Å²) in [6.45, 7) is 1.80. The molecule has 8 nitrogen and oxygen atoms in total. The average Bonchev–Trinajstić information content (AvgIpc) is 3.38. The molecule has 0 bridgehead atoms. The summed E-state index contributed by atoms with van der Waals surface area (Å²) in [5.41, 5.74) is 2.06. The van der Waals surface area contributed by atoms with E-state index < -0.39 is 4.92 Å². The van der Waals surface area contributed by atoms with Crippen molar-refractivity contribution >= 4 is 61.4 Å². The third-order valence-corrected chi connectivity index (χ3v) is 6.85. The number of anilines is 1. The van der Waals surface area contributed by atoms with Crippen LogP contribution in [0.1, 0.15) is 6.92 Å². The highest BCUT2D eigenvalue weighted by Crippen LogP contribution is 2.32. The van der Waals surface area contributed by atoms with Crippen LogP contribution in [0.2, 0.25) is 0 Å². The number of thiazole rings is 1. The van der Waals surface area contributed by atoms with Crippen molar-refractivity contribution in [3.05, 3.63) is 57.5 Å². The molecule has 0 aliphatic carbocycles. The van der Waals surface area contributed by atoms with Crippen LogP contribution in [0.15, 0.2) is 52.4 Å². The lowest BCUT2D eigenvalue weighted by Crippen LogP contribution is -2.22. The van der Waals surface area contributed by atoms with Crippen LogP contribution >= 0.6 is 34.4 Å². The van der Waals surface area contributed by atoms with Gasteiger partial charge in [0.1, 0.15) is 11.4 Å². The molecule has 0 saturated carbocycles. The molecule has 1 N–H and O–H groups in total. The van der Waals surface area contributed by atoms with E-state index >= 15 is 0 Å². The number of carbonyl (C=O) groups is 1. The third kappa shape index (κ3) is 4.26. The van der Waals surface area contributed by atoms with Crippen LogP contribution in [-0.4, -0.2) is 31.0 Å². The number of rotatable bonds is 6. The maximum absolute atomic E-state index is 12.6. The summed E-state index contributed by atoms with van der Waals surface area (Å²) in [4.78, 5) is 36.0. The van der Waals surface area contributed by atoms with Crippen LogP contribution < -0.4 is 5.32 Å². The first-order valence-corrected chi connectivity index (χ1v) is 11.0. The normalized spacial score (nSPS) is 12.0. The first-order valence-electron chi connectivity index (χ1n) is 8.37. The molecule has 1 amide bonds. The number of non-ortho nitro benzene ring substituents is 1. The molecule has 3 aromatic heterocycles. The highest BCUT2D eigenvalue weighted by molar-refractivity contribution is 8.00. The molecule has 0 radical (unpaired) electrons. The first kappa shape index (κ1) is 19.4. The van der Waals surface area contributed by atoms with Crippen molar-refractivity contribution in [2.75, 3.05) is 5.32 Å². The molecule has 11 heteroatoms. The van der Waals surface area contributed by atoms with E-state index in [9.17, 15) is 14.9 Å². The fourth-order valence-corrected chi connectivity index (χ4v) is 5.08. The number of nitro groups is 1. The number of fused-ring (bicyclic) bond motifs is 1. The van der Waals surface area contributed by atoms with E-state index in [0.29, 0.717) is 16.4 Å². The van der Waals surface area contributed by atoms with Crippen LogP contribution in [0.3, 0.4) is 0 Å². The van der Waals surface area contributed by atoms with Gasteiger partial charge in [-0.2, -0.15) is 0 Å². The molecule has 1 unspecified atom stereocenters. The fourth-order valence-electron chi connectivity index (χ4n) is 2.52. The Kier molecular flexibility index (Phi) is 5.51. The van der Waals surface area contributed by atoms with Crippen molar-refractivity contribution in [3.8, 4) is 11.3 Å². The monoisotopic (exact) mass is 443 g/mol. The average molecular weight is 444 g/mol. The standard InChI is InChI=1S/C18H13N5O3S3/c1-10(29-17-15-13(5-6-27-15)19-9-20-17)16(24)22-18-21-14(8-28-18)11-3-2-4-12(7-11)23(25)26/h2-10H,1H3,(H,21,22,24). The Morgan fingerprint density at radius 1 is 1.28 bits per heavy atom. The summed E-state index contributed by atoms with van der Waals surface area (Å²) >= 11 is 4.17. The summed E-state index contributed by atoms with van der Waals surface area (Å²) < 4.78 is 0.958. The molecular formula is C18H13N5O3S3. The highest BCUT2D eigenvalue weighted by atomic mass is 32.2. The second kappa shape index (κ2) is 8.23. The number of carbonyl (C=O) groups excluding carboxylic acids is 1. The van der Waals surface area contributed by atoms with Gasteiger partial charge in [0.05, 0.1) is 26.1 Å². The molecule has 0 fully saturated rings. The number of hydrogen-bond donors (Lipinski definition) is 1. The number of nitrogens with one attached hydrogen (secondary N) is 1. The summed E-state index contributed by atoms with van der Waals surface area (Å²) in [5, 5.41) is 18.3. The highest BCUT2D eigenvalue weighted by Gasteiger charge is 2.19. The SMILES string of the molecule is CC(Sc1ncnc2ccsc12)C(=O)Nc1nc(-c2cccc([N+](=O)[O-])c2)cs1. The van der Waals surface area contributed by atoms with Crippen LogP contribution in [0.4, 0.5) is 10.8 Å². The van der Waals surface area contributed by atoms with Crippen LogP contribution in [-0.2, 0) is 4.79 Å². The van der Waals surface area contributed by atoms with Crippen LogP contribution in [0, 0.1) is 10.1 Å². The predicted octanol–water partition coefficient (Wildman–Crippen LogP) is 4.84. The largest absolute Gasteiger partial charge is 0.301 e. The summed E-state index contributed by atoms with van der Waals surface area (Å²) in [6.07, 6.45) is 1.49. The Bertz CT molecular complexity index is 1210. The summed E-state index contributed by atoms with van der Waals surface area (Å²) in [5.74, 6) is -0.196. The van der Waals surface area contributed by atoms with Gasteiger partial charge in [0.2, 0.25) is 5.91 Å². The van der Waals surface area contributed by atoms with Gasteiger partial charge in [-0.1, -0.05) is 23.9 Å². The lowest BCUT2D eigenvalue weighted by Gasteiger charge is -2.10. The lowest BCUT2D eigenvalue weighted by atomic mass is 10.1. The second-order valence-corrected chi connectivity index (χ2v) is 9.01. The van der Waals surface area contributed by atoms with Gasteiger partial charge in [-0.15, -0.1) is 22.7 Å². The minimum atomic E-state index is -0.449. The smallest absolute Gasteiger partial charge is 0.270 e. The third-order valence-electron chi connectivity index (χ3n) is 3.96. The van der Waals surface area contributed by atoms with Crippen molar-refractivity contribution in [3.63, 3.8) is 0 Å². The predicted molar refractivity (Wildman–Crippen MR) is 116 cm³/mol. The van der Waals surface area contributed by atoms with E-state index in [0.717, 1.165) is 15.2 Å². The summed E-state index contributed by atoms with van der Waals surface area (Å²) in [7, 11) is 0. The van der Waals surface area contributed by atoms with Crippen molar-refractivity contribution < 1.29 is 9.72 Å². The number of amides is 1. The molecule has 0 saturated heterocycles. The molecule has 0 aliphatic heterocycles. The number of thiophene rings is 1. The zero-order valence-corrected chi connectivity index (χ0v) is 17.4. The maximum atomic E-state index is 12.6. The van der Waals surface area contributed by atoms with Gasteiger partial charge >= 0.3 is 0 Å². The Morgan fingerprint density at radius 2 is 2.14 bits per heavy atom. The Morgan fingerprint density at radius 3 is 2.97 bits per heavy atom. The van der Waals surface area contributed by atoms with Crippen LogP contribution in [0.5, 0.6) is 0 Å². The molecule has 0 spiro atoms. The molecule has 0 aliphatic rings. The maximum Gasteiger partial charge on any atom is 0.270 e. The molecule has 3 heterocycles. The molecular weight excluding hydrogens is 430 g/mol. The number of hydrogen-bond acceptors (Lipinski definition) is 9. The van der Waals surface area contributed by atoms with Gasteiger partial charge in [-0.25, -0.2) is 15.0 Å². The summed E-state index contributed by atoms with van der Waals surface area (Å²) in [6, 6.07) is 8.15. The van der Waals surface area contributed by atoms with Gasteiger partial charge in [-0.3, -0.25) is 14.9 Å². The van der Waals surface area contributed by atoms with Gasteiger partial charge in [0.15, 0.2) is 5.13 Å². The zero-order chi connectivity index (χ0) is 20.4. The van der Waals surface area contributed by atoms with Crippen molar-refractivity contribution in [1.82, 2.24) is 15.0 Å². The molecule has 29 heavy (non-hydrogen) atoms. The molecule has 1 aromatic carbocycles. The van der Waals surface area contributed by atoms with Crippen molar-refractivity contribution in [2.45, 2.75) is 17.2 Å².